The zero-order valence-electron chi connectivity index (χ0n) is 13.8. The summed E-state index contributed by atoms with van der Waals surface area (Å²) in [4.78, 5) is 18.2. The molecule has 1 amide bonds. The number of hydrogen-bond donors (Lipinski definition) is 0. The van der Waals surface area contributed by atoms with E-state index >= 15 is 0 Å². The molecule has 0 aromatic heterocycles. The minimum Gasteiger partial charge on any atom is -0.316 e. The van der Waals surface area contributed by atoms with Gasteiger partial charge in [-0.15, -0.1) is 0 Å². The van der Waals surface area contributed by atoms with E-state index in [1.807, 2.05) is 6.92 Å². The maximum atomic E-state index is 13.5. The molecule has 2 saturated heterocycles. The van der Waals surface area contributed by atoms with Crippen molar-refractivity contribution in [2.24, 2.45) is 10.9 Å². The molecule has 2 fully saturated rings. The minimum atomic E-state index is -3.15. The first-order valence-corrected chi connectivity index (χ1v) is 11.0. The zero-order chi connectivity index (χ0) is 18.4. The monoisotopic (exact) mass is 404 g/mol. The maximum Gasteiger partial charge on any atom is 0.250 e. The Bertz CT molecular complexity index is 844. The number of hydrogen-bond acceptors (Lipinski definition) is 4. The predicted molar refractivity (Wildman–Crippen MR) is 99.6 cm³/mol. The van der Waals surface area contributed by atoms with Gasteiger partial charge in [-0.25, -0.2) is 12.8 Å². The Hall–Kier alpha value is -1.12. The minimum absolute atomic E-state index is 0.0177. The van der Waals surface area contributed by atoms with Gasteiger partial charge in [-0.05, 0) is 24.6 Å². The van der Waals surface area contributed by atoms with Gasteiger partial charge in [0, 0.05) is 16.9 Å². The molecule has 1 aromatic carbocycles. The fraction of sp³-hybridized carbons (Fsp3) is 0.500. The van der Waals surface area contributed by atoms with E-state index in [-0.39, 0.29) is 39.6 Å². The van der Waals surface area contributed by atoms with Crippen LogP contribution in [0.1, 0.15) is 20.3 Å². The smallest absolute Gasteiger partial charge is 0.250 e. The Kier molecular flexibility index (Phi) is 5.14. The molecule has 3 atom stereocenters. The van der Waals surface area contributed by atoms with Gasteiger partial charge in [-0.1, -0.05) is 37.2 Å². The molecule has 5 nitrogen and oxygen atoms in total. The summed E-state index contributed by atoms with van der Waals surface area (Å²) < 4.78 is 37.5. The van der Waals surface area contributed by atoms with Gasteiger partial charge in [0.15, 0.2) is 15.0 Å². The summed E-state index contributed by atoms with van der Waals surface area (Å²) >= 11 is 7.18. The standard InChI is InChI=1S/C16H18ClFN2O3S2/c1-3-9(2)15(21)19-16-20(10-4-5-12(18)11(17)6-10)13-7-25(22,23)8-14(13)24-16/h4-6,9,13-14H,3,7-8H2,1-2H3/t9-,13-,14-/m0/s1. The molecule has 0 unspecified atom stereocenters. The second-order valence-corrected chi connectivity index (χ2v) is 10.1. The summed E-state index contributed by atoms with van der Waals surface area (Å²) in [6.07, 6.45) is 0.671. The summed E-state index contributed by atoms with van der Waals surface area (Å²) in [5.41, 5.74) is 0.541. The van der Waals surface area contributed by atoms with Crippen molar-refractivity contribution in [3.05, 3.63) is 29.0 Å². The molecule has 2 aliphatic heterocycles. The quantitative estimate of drug-likeness (QED) is 0.774. The fourth-order valence-corrected chi connectivity index (χ4v) is 6.97. The molecule has 1 aromatic rings. The van der Waals surface area contributed by atoms with Gasteiger partial charge < -0.3 is 4.90 Å². The van der Waals surface area contributed by atoms with E-state index in [2.05, 4.69) is 4.99 Å². The highest BCUT2D eigenvalue weighted by Crippen LogP contribution is 2.41. The number of amides is 1. The maximum absolute atomic E-state index is 13.5. The Morgan fingerprint density at radius 1 is 1.48 bits per heavy atom. The summed E-state index contributed by atoms with van der Waals surface area (Å²) in [6.45, 7) is 3.71. The lowest BCUT2D eigenvalue weighted by molar-refractivity contribution is -0.121. The Balaban J connectivity index is 2.02. The van der Waals surface area contributed by atoms with Crippen molar-refractivity contribution >= 4 is 50.0 Å². The molecule has 3 rings (SSSR count). The van der Waals surface area contributed by atoms with E-state index in [1.165, 1.54) is 30.0 Å². The largest absolute Gasteiger partial charge is 0.316 e. The first-order valence-electron chi connectivity index (χ1n) is 7.95. The molecular formula is C16H18ClFN2O3S2. The second-order valence-electron chi connectivity index (χ2n) is 6.31. The van der Waals surface area contributed by atoms with Crippen molar-refractivity contribution in [2.75, 3.05) is 16.4 Å². The molecule has 2 heterocycles. The average molecular weight is 405 g/mol. The van der Waals surface area contributed by atoms with Crippen molar-refractivity contribution in [1.29, 1.82) is 0 Å². The summed E-state index contributed by atoms with van der Waals surface area (Å²) in [5.74, 6) is -0.982. The number of nitrogens with zero attached hydrogens (tertiary/aromatic N) is 2. The van der Waals surface area contributed by atoms with Crippen molar-refractivity contribution in [3.63, 3.8) is 0 Å². The van der Waals surface area contributed by atoms with Crippen LogP contribution in [0.25, 0.3) is 0 Å². The molecule has 0 spiro atoms. The van der Waals surface area contributed by atoms with E-state index < -0.39 is 15.7 Å². The molecule has 136 valence electrons. The third kappa shape index (κ3) is 3.71. The lowest BCUT2D eigenvalue weighted by atomic mass is 10.1. The van der Waals surface area contributed by atoms with Crippen LogP contribution in [0, 0.1) is 11.7 Å². The number of amidine groups is 1. The third-order valence-corrected chi connectivity index (χ3v) is 7.99. The predicted octanol–water partition coefficient (Wildman–Crippen LogP) is 3.13. The number of benzene rings is 1. The number of rotatable bonds is 3. The second kappa shape index (κ2) is 6.89. The Morgan fingerprint density at radius 3 is 2.84 bits per heavy atom. The van der Waals surface area contributed by atoms with E-state index in [0.717, 1.165) is 0 Å². The Labute approximate surface area is 155 Å². The SMILES string of the molecule is CC[C@H](C)C(=O)N=C1S[C@H]2CS(=O)(=O)C[C@@H]2N1c1ccc(F)c(Cl)c1. The van der Waals surface area contributed by atoms with E-state index in [1.54, 1.807) is 11.8 Å². The summed E-state index contributed by atoms with van der Waals surface area (Å²) in [6, 6.07) is 3.86. The topological polar surface area (TPSA) is 66.8 Å². The molecular weight excluding hydrogens is 387 g/mol. The van der Waals surface area contributed by atoms with Gasteiger partial charge in [0.05, 0.1) is 22.6 Å². The molecule has 0 aliphatic carbocycles. The normalized spacial score (nSPS) is 27.5. The molecule has 0 saturated carbocycles. The van der Waals surface area contributed by atoms with Crippen LogP contribution >= 0.6 is 23.4 Å². The van der Waals surface area contributed by atoms with Gasteiger partial charge in [-0.3, -0.25) is 4.79 Å². The number of sulfone groups is 1. The van der Waals surface area contributed by atoms with Crippen molar-refractivity contribution < 1.29 is 17.6 Å². The summed E-state index contributed by atoms with van der Waals surface area (Å²) in [5, 5.41) is 0.203. The van der Waals surface area contributed by atoms with Crippen LogP contribution in [0.3, 0.4) is 0 Å². The van der Waals surface area contributed by atoms with Crippen molar-refractivity contribution in [1.82, 2.24) is 0 Å². The molecule has 0 bridgehead atoms. The van der Waals surface area contributed by atoms with Gasteiger partial charge in [-0.2, -0.15) is 4.99 Å². The Morgan fingerprint density at radius 2 is 2.20 bits per heavy atom. The third-order valence-electron chi connectivity index (χ3n) is 4.49. The zero-order valence-corrected chi connectivity index (χ0v) is 16.2. The van der Waals surface area contributed by atoms with Crippen LogP contribution in [0.5, 0.6) is 0 Å². The molecule has 0 N–H and O–H groups in total. The van der Waals surface area contributed by atoms with E-state index in [0.29, 0.717) is 17.3 Å². The van der Waals surface area contributed by atoms with E-state index in [4.69, 9.17) is 11.6 Å². The number of thioether (sulfide) groups is 1. The number of anilines is 1. The molecule has 0 radical (unpaired) electrons. The van der Waals surface area contributed by atoms with Crippen LogP contribution < -0.4 is 4.90 Å². The highest BCUT2D eigenvalue weighted by atomic mass is 35.5. The number of carbonyl (C=O) groups excluding carboxylic acids is 1. The number of aliphatic imine (C=N–C) groups is 1. The molecule has 2 aliphatic rings. The van der Waals surface area contributed by atoms with Gasteiger partial charge in [0.1, 0.15) is 5.82 Å². The average Bonchev–Trinajstić information content (AvgIpc) is 3.00. The lowest BCUT2D eigenvalue weighted by Crippen LogP contribution is -2.37. The van der Waals surface area contributed by atoms with Crippen LogP contribution in [-0.2, 0) is 14.6 Å². The highest BCUT2D eigenvalue weighted by molar-refractivity contribution is 8.16. The van der Waals surface area contributed by atoms with Crippen LogP contribution in [0.4, 0.5) is 10.1 Å². The summed E-state index contributed by atoms with van der Waals surface area (Å²) in [7, 11) is -3.15. The van der Waals surface area contributed by atoms with Crippen molar-refractivity contribution in [2.45, 2.75) is 31.6 Å². The highest BCUT2D eigenvalue weighted by Gasteiger charge is 2.49. The van der Waals surface area contributed by atoms with Gasteiger partial charge in [0.25, 0.3) is 5.91 Å². The number of carbonyl (C=O) groups is 1. The van der Waals surface area contributed by atoms with E-state index in [9.17, 15) is 17.6 Å². The first-order chi connectivity index (χ1) is 11.7. The molecule has 25 heavy (non-hydrogen) atoms. The lowest BCUT2D eigenvalue weighted by Gasteiger charge is -2.25. The van der Waals surface area contributed by atoms with Gasteiger partial charge in [0.2, 0.25) is 0 Å². The van der Waals surface area contributed by atoms with Crippen LogP contribution in [0.2, 0.25) is 5.02 Å². The van der Waals surface area contributed by atoms with Crippen molar-refractivity contribution in [3.8, 4) is 0 Å². The number of fused-ring (bicyclic) bond motifs is 1. The fourth-order valence-electron chi connectivity index (χ4n) is 2.88. The number of halogens is 2. The first kappa shape index (κ1) is 18.7. The van der Waals surface area contributed by atoms with Gasteiger partial charge >= 0.3 is 0 Å². The van der Waals surface area contributed by atoms with Crippen LogP contribution in [-0.4, -0.2) is 42.3 Å². The van der Waals surface area contributed by atoms with Crippen LogP contribution in [0.15, 0.2) is 23.2 Å². The molecule has 9 heteroatoms.